The monoisotopic (exact) mass is 847 g/mol. The summed E-state index contributed by atoms with van der Waals surface area (Å²) in [6.45, 7) is 4.45. The lowest BCUT2D eigenvalue weighted by atomic mass is 10.1. The minimum absolute atomic E-state index is 0.0187. The van der Waals surface area contributed by atoms with Crippen LogP contribution in [0.4, 0.5) is 0 Å². The fourth-order valence-electron chi connectivity index (χ4n) is 5.89. The number of unbranched alkanes of at least 4 members (excludes halogenated alkanes) is 8. The fourth-order valence-corrected chi connectivity index (χ4v) is 5.89. The SMILES string of the molecule is CC/C=C/C/C=C/C/C=C/C/C=C/C/C=C/C/C=C/CCC(=O)OCC(COCCC(C(=O)O)[N+](C)(C)C)OC(=O)CCCCCCC/C=C/C=C/C=C/C=C/CCCCC. The van der Waals surface area contributed by atoms with Gasteiger partial charge in [-0.2, -0.15) is 0 Å². The summed E-state index contributed by atoms with van der Waals surface area (Å²) < 4.78 is 17.2. The zero-order chi connectivity index (χ0) is 44.9. The molecule has 1 N–H and O–H groups in total. The second kappa shape index (κ2) is 42.4. The van der Waals surface area contributed by atoms with Crippen molar-refractivity contribution >= 4 is 17.9 Å². The number of rotatable bonds is 39. The molecule has 0 aromatic rings. The summed E-state index contributed by atoms with van der Waals surface area (Å²) in [6, 6.07) is -0.638. The predicted molar refractivity (Wildman–Crippen MR) is 256 cm³/mol. The van der Waals surface area contributed by atoms with Gasteiger partial charge in [-0.1, -0.05) is 167 Å². The van der Waals surface area contributed by atoms with E-state index in [1.807, 2.05) is 45.4 Å². The molecule has 2 atom stereocenters. The molecule has 61 heavy (non-hydrogen) atoms. The molecule has 0 amide bonds. The molecule has 0 aliphatic heterocycles. The molecule has 0 saturated heterocycles. The van der Waals surface area contributed by atoms with Gasteiger partial charge in [0.25, 0.3) is 0 Å². The van der Waals surface area contributed by atoms with Crippen molar-refractivity contribution in [2.45, 2.75) is 154 Å². The summed E-state index contributed by atoms with van der Waals surface area (Å²) in [4.78, 5) is 37.0. The summed E-state index contributed by atoms with van der Waals surface area (Å²) in [6.07, 6.45) is 59.7. The number of quaternary nitrogens is 1. The molecule has 2 unspecified atom stereocenters. The number of hydrogen-bond acceptors (Lipinski definition) is 6. The number of hydrogen-bond donors (Lipinski definition) is 1. The number of allylic oxidation sites excluding steroid dienone is 20. The van der Waals surface area contributed by atoms with E-state index in [9.17, 15) is 19.5 Å². The Morgan fingerprint density at radius 1 is 0.525 bits per heavy atom. The molecule has 342 valence electrons. The van der Waals surface area contributed by atoms with Crippen LogP contribution in [-0.2, 0) is 28.6 Å². The molecule has 0 spiro atoms. The Labute approximate surface area is 371 Å². The largest absolute Gasteiger partial charge is 0.477 e. The van der Waals surface area contributed by atoms with Gasteiger partial charge in [-0.25, -0.2) is 4.79 Å². The Kier molecular flexibility index (Phi) is 39.5. The molecular weight excluding hydrogens is 763 g/mol. The van der Waals surface area contributed by atoms with Crippen LogP contribution in [0.3, 0.4) is 0 Å². The van der Waals surface area contributed by atoms with Crippen LogP contribution in [0, 0.1) is 0 Å². The van der Waals surface area contributed by atoms with Crippen molar-refractivity contribution < 1.29 is 38.2 Å². The number of carbonyl (C=O) groups excluding carboxylic acids is 2. The van der Waals surface area contributed by atoms with Crippen LogP contribution in [0.5, 0.6) is 0 Å². The van der Waals surface area contributed by atoms with Crippen molar-refractivity contribution in [3.8, 4) is 0 Å². The van der Waals surface area contributed by atoms with E-state index in [2.05, 4.69) is 111 Å². The second-order valence-electron chi connectivity index (χ2n) is 16.0. The Morgan fingerprint density at radius 3 is 1.54 bits per heavy atom. The lowest BCUT2D eigenvalue weighted by Gasteiger charge is -2.31. The van der Waals surface area contributed by atoms with E-state index in [4.69, 9.17) is 14.2 Å². The maximum Gasteiger partial charge on any atom is 0.362 e. The smallest absolute Gasteiger partial charge is 0.362 e. The van der Waals surface area contributed by atoms with Gasteiger partial charge in [0, 0.05) is 19.3 Å². The maximum atomic E-state index is 12.7. The van der Waals surface area contributed by atoms with E-state index in [1.165, 1.54) is 19.3 Å². The van der Waals surface area contributed by atoms with Gasteiger partial charge in [0.05, 0.1) is 34.4 Å². The topological polar surface area (TPSA) is 99.1 Å². The lowest BCUT2D eigenvalue weighted by Crippen LogP contribution is -2.50. The highest BCUT2D eigenvalue weighted by Gasteiger charge is 2.31. The van der Waals surface area contributed by atoms with Crippen LogP contribution < -0.4 is 0 Å². The molecule has 0 radical (unpaired) electrons. The Hall–Kier alpha value is -4.27. The van der Waals surface area contributed by atoms with E-state index in [1.54, 1.807) is 0 Å². The van der Waals surface area contributed by atoms with Gasteiger partial charge < -0.3 is 23.8 Å². The summed E-state index contributed by atoms with van der Waals surface area (Å²) >= 11 is 0. The van der Waals surface area contributed by atoms with Crippen LogP contribution in [-0.4, -0.2) is 80.6 Å². The zero-order valence-corrected chi connectivity index (χ0v) is 38.8. The first-order valence-corrected chi connectivity index (χ1v) is 23.1. The second-order valence-corrected chi connectivity index (χ2v) is 16.0. The fraction of sp³-hybridized carbons (Fsp3) is 0.566. The quantitative estimate of drug-likeness (QED) is 0.0216. The number of carbonyl (C=O) groups is 3. The van der Waals surface area contributed by atoms with E-state index >= 15 is 0 Å². The van der Waals surface area contributed by atoms with Crippen LogP contribution in [0.15, 0.2) is 122 Å². The number of aliphatic carboxylic acids is 1. The molecule has 0 saturated carbocycles. The van der Waals surface area contributed by atoms with E-state index < -0.39 is 18.1 Å². The van der Waals surface area contributed by atoms with Crippen LogP contribution in [0.2, 0.25) is 0 Å². The number of nitrogens with zero attached hydrogens (tertiary/aromatic N) is 1. The first-order valence-electron chi connectivity index (χ1n) is 23.1. The summed E-state index contributed by atoms with van der Waals surface area (Å²) in [7, 11) is 5.48. The molecule has 0 fully saturated rings. The van der Waals surface area contributed by atoms with Crippen molar-refractivity contribution in [3.63, 3.8) is 0 Å². The van der Waals surface area contributed by atoms with E-state index in [0.29, 0.717) is 12.8 Å². The number of carboxylic acid groups (broad SMARTS) is 1. The van der Waals surface area contributed by atoms with Gasteiger partial charge in [-0.15, -0.1) is 0 Å². The average Bonchev–Trinajstić information content (AvgIpc) is 3.22. The number of carboxylic acids is 1. The Morgan fingerprint density at radius 2 is 1.02 bits per heavy atom. The first-order chi connectivity index (χ1) is 29.6. The van der Waals surface area contributed by atoms with Crippen molar-refractivity contribution in [3.05, 3.63) is 122 Å². The minimum Gasteiger partial charge on any atom is -0.477 e. The van der Waals surface area contributed by atoms with Crippen LogP contribution in [0.25, 0.3) is 0 Å². The maximum absolute atomic E-state index is 12.7. The molecule has 8 nitrogen and oxygen atoms in total. The summed E-state index contributed by atoms with van der Waals surface area (Å²) in [5, 5.41) is 9.63. The van der Waals surface area contributed by atoms with Gasteiger partial charge >= 0.3 is 17.9 Å². The third-order valence-electron chi connectivity index (χ3n) is 9.45. The number of likely N-dealkylation sites (N-methyl/N-ethyl adjacent to an activating group) is 1. The Bertz CT molecular complexity index is 1400. The van der Waals surface area contributed by atoms with E-state index in [-0.39, 0.29) is 49.1 Å². The third-order valence-corrected chi connectivity index (χ3v) is 9.45. The summed E-state index contributed by atoms with van der Waals surface area (Å²) in [5.74, 6) is -1.62. The standard InChI is InChI=1S/C53H83NO7/c1-6-8-10-12-14-16-18-20-22-24-26-28-29-31-33-35-37-39-41-43-51(55)60-48-49(47-59-46-45-50(53(57)58)54(3,4)5)61-52(56)44-42-40-38-36-34-32-30-27-25-23-21-19-17-15-13-11-9-7-2/h8,10,14-17,19-23,25-28,30-31,33,37,39,49-50H,6-7,9,11-13,18,24,29,32,34-36,38,40-48H2,1-5H3/p+1/b10-8+,16-14+,17-15+,21-19+,22-20+,25-23+,28-26+,30-27+,33-31+,39-37+. The zero-order valence-electron chi connectivity index (χ0n) is 38.8. The molecule has 0 bridgehead atoms. The highest BCUT2D eigenvalue weighted by Crippen LogP contribution is 2.12. The molecule has 8 heteroatoms. The van der Waals surface area contributed by atoms with Crippen molar-refractivity contribution in [1.82, 2.24) is 0 Å². The molecule has 0 rings (SSSR count). The van der Waals surface area contributed by atoms with Gasteiger partial charge in [0.15, 0.2) is 12.1 Å². The van der Waals surface area contributed by atoms with Crippen LogP contribution >= 0.6 is 0 Å². The Balaban J connectivity index is 4.53. The van der Waals surface area contributed by atoms with Crippen molar-refractivity contribution in [2.75, 3.05) is 41.0 Å². The predicted octanol–water partition coefficient (Wildman–Crippen LogP) is 13.0. The summed E-state index contributed by atoms with van der Waals surface area (Å²) in [5.41, 5.74) is 0. The van der Waals surface area contributed by atoms with Crippen molar-refractivity contribution in [2.24, 2.45) is 0 Å². The number of esters is 2. The lowest BCUT2D eigenvalue weighted by molar-refractivity contribution is -0.887. The highest BCUT2D eigenvalue weighted by atomic mass is 16.6. The van der Waals surface area contributed by atoms with Gasteiger partial charge in [0.2, 0.25) is 0 Å². The number of ether oxygens (including phenoxy) is 3. The molecule has 0 aliphatic carbocycles. The molecular formula is C53H84NO7+. The minimum atomic E-state index is -0.895. The molecule has 0 aromatic heterocycles. The molecule has 0 aromatic carbocycles. The van der Waals surface area contributed by atoms with Gasteiger partial charge in [-0.05, 0) is 77.0 Å². The van der Waals surface area contributed by atoms with Crippen molar-refractivity contribution in [1.29, 1.82) is 0 Å². The highest BCUT2D eigenvalue weighted by molar-refractivity contribution is 5.72. The van der Waals surface area contributed by atoms with E-state index in [0.717, 1.165) is 83.5 Å². The average molecular weight is 847 g/mol. The van der Waals surface area contributed by atoms with Crippen LogP contribution in [0.1, 0.15) is 142 Å². The molecule has 0 aliphatic rings. The normalized spacial score (nSPS) is 14.0. The van der Waals surface area contributed by atoms with Gasteiger partial charge in [-0.3, -0.25) is 9.59 Å². The van der Waals surface area contributed by atoms with Gasteiger partial charge in [0.1, 0.15) is 6.61 Å². The third kappa shape index (κ3) is 40.9. The first kappa shape index (κ1) is 56.7. The molecule has 0 heterocycles.